The summed E-state index contributed by atoms with van der Waals surface area (Å²) in [6.45, 7) is 10.6. The summed E-state index contributed by atoms with van der Waals surface area (Å²) in [6.07, 6.45) is 8.01. The molecule has 0 aromatic carbocycles. The second-order valence-corrected chi connectivity index (χ2v) is 9.40. The number of anilines is 2. The van der Waals surface area contributed by atoms with E-state index in [0.717, 1.165) is 76.1 Å². The van der Waals surface area contributed by atoms with Gasteiger partial charge >= 0.3 is 0 Å². The molecule has 1 aromatic rings. The Morgan fingerprint density at radius 2 is 1.63 bits per heavy atom. The highest BCUT2D eigenvalue weighted by atomic mass is 16.1. The summed E-state index contributed by atoms with van der Waals surface area (Å²) in [7, 11) is 0. The van der Waals surface area contributed by atoms with Crippen molar-refractivity contribution in [2.24, 2.45) is 11.8 Å². The van der Waals surface area contributed by atoms with Gasteiger partial charge in [-0.2, -0.15) is 0 Å². The van der Waals surface area contributed by atoms with Crippen molar-refractivity contribution in [3.8, 4) is 0 Å². The van der Waals surface area contributed by atoms with Crippen molar-refractivity contribution in [3.05, 3.63) is 12.1 Å². The molecule has 0 spiro atoms. The zero-order valence-electron chi connectivity index (χ0n) is 18.6. The van der Waals surface area contributed by atoms with Crippen LogP contribution in [-0.4, -0.2) is 73.4 Å². The lowest BCUT2D eigenvalue weighted by molar-refractivity contribution is -0.125. The summed E-state index contributed by atoms with van der Waals surface area (Å²) in [4.78, 5) is 19.7. The van der Waals surface area contributed by atoms with Crippen molar-refractivity contribution in [2.75, 3.05) is 62.2 Å². The first-order valence-corrected chi connectivity index (χ1v) is 12.0. The van der Waals surface area contributed by atoms with Gasteiger partial charge < -0.3 is 20.0 Å². The van der Waals surface area contributed by atoms with Crippen molar-refractivity contribution in [2.45, 2.75) is 51.9 Å². The average molecular weight is 415 g/mol. The fraction of sp³-hybridized carbons (Fsp3) is 0.783. The zero-order valence-corrected chi connectivity index (χ0v) is 18.6. The quantitative estimate of drug-likeness (QED) is 0.692. The highest BCUT2D eigenvalue weighted by Crippen LogP contribution is 2.24. The van der Waals surface area contributed by atoms with Gasteiger partial charge in [-0.15, -0.1) is 10.2 Å². The van der Waals surface area contributed by atoms with Crippen LogP contribution in [0.3, 0.4) is 0 Å². The molecule has 1 unspecified atom stereocenters. The van der Waals surface area contributed by atoms with E-state index in [1.54, 1.807) is 0 Å². The number of rotatable bonds is 7. The summed E-state index contributed by atoms with van der Waals surface area (Å²) < 4.78 is 0. The molecule has 0 aliphatic carbocycles. The maximum absolute atomic E-state index is 12.6. The minimum absolute atomic E-state index is 0.132. The molecule has 0 saturated carbocycles. The van der Waals surface area contributed by atoms with E-state index in [1.165, 1.54) is 38.8 Å². The SMILES string of the molecule is CC1CCCN(CCCNC(=O)C2CCN(c3ccc(N4CCCC4)nn3)CC2)C1. The third-order valence-electron chi connectivity index (χ3n) is 6.95. The van der Waals surface area contributed by atoms with Gasteiger partial charge in [0.05, 0.1) is 0 Å². The highest BCUT2D eigenvalue weighted by molar-refractivity contribution is 5.78. The number of amides is 1. The fourth-order valence-electron chi connectivity index (χ4n) is 5.12. The second kappa shape index (κ2) is 10.4. The number of carbonyl (C=O) groups excluding carboxylic acids is 1. The van der Waals surface area contributed by atoms with Crippen molar-refractivity contribution in [3.63, 3.8) is 0 Å². The number of carbonyl (C=O) groups is 1. The third-order valence-corrected chi connectivity index (χ3v) is 6.95. The Bertz CT molecular complexity index is 667. The first kappa shape index (κ1) is 21.3. The monoisotopic (exact) mass is 414 g/mol. The first-order chi connectivity index (χ1) is 14.7. The van der Waals surface area contributed by atoms with Crippen molar-refractivity contribution >= 4 is 17.5 Å². The predicted molar refractivity (Wildman–Crippen MR) is 121 cm³/mol. The van der Waals surface area contributed by atoms with Crippen LogP contribution in [-0.2, 0) is 4.79 Å². The standard InChI is InChI=1S/C23H38N6O/c1-19-6-4-12-27(18-19)13-5-11-24-23(30)20-9-16-29(17-10-20)22-8-7-21(25-26-22)28-14-2-3-15-28/h7-8,19-20H,2-6,9-18H2,1H3,(H,24,30). The van der Waals surface area contributed by atoms with Gasteiger partial charge in [-0.05, 0) is 76.1 Å². The van der Waals surface area contributed by atoms with Crippen LogP contribution in [0.2, 0.25) is 0 Å². The maximum atomic E-state index is 12.6. The van der Waals surface area contributed by atoms with Gasteiger partial charge in [0.2, 0.25) is 5.91 Å². The van der Waals surface area contributed by atoms with Crippen LogP contribution in [0.25, 0.3) is 0 Å². The van der Waals surface area contributed by atoms with E-state index in [-0.39, 0.29) is 11.8 Å². The normalized spacial score (nSPS) is 23.7. The highest BCUT2D eigenvalue weighted by Gasteiger charge is 2.26. The van der Waals surface area contributed by atoms with Crippen molar-refractivity contribution in [1.82, 2.24) is 20.4 Å². The fourth-order valence-corrected chi connectivity index (χ4v) is 5.12. The van der Waals surface area contributed by atoms with Gasteiger partial charge in [-0.3, -0.25) is 4.79 Å². The zero-order chi connectivity index (χ0) is 20.8. The molecule has 3 fully saturated rings. The number of nitrogens with zero attached hydrogens (tertiary/aromatic N) is 5. The Hall–Kier alpha value is -1.89. The minimum atomic E-state index is 0.132. The van der Waals surface area contributed by atoms with Gasteiger partial charge in [-0.25, -0.2) is 0 Å². The number of aromatic nitrogens is 2. The van der Waals surface area contributed by atoms with Crippen molar-refractivity contribution < 1.29 is 4.79 Å². The van der Waals surface area contributed by atoms with Crippen LogP contribution in [0.1, 0.15) is 51.9 Å². The number of likely N-dealkylation sites (tertiary alicyclic amines) is 1. The number of piperidine rings is 2. The molecule has 30 heavy (non-hydrogen) atoms. The molecule has 1 amide bonds. The van der Waals surface area contributed by atoms with Crippen LogP contribution >= 0.6 is 0 Å². The second-order valence-electron chi connectivity index (χ2n) is 9.40. The molecule has 1 N–H and O–H groups in total. The lowest BCUT2D eigenvalue weighted by Gasteiger charge is -2.32. The van der Waals surface area contributed by atoms with Crippen molar-refractivity contribution in [1.29, 1.82) is 0 Å². The molecule has 1 atom stereocenters. The molecule has 4 heterocycles. The van der Waals surface area contributed by atoms with E-state index >= 15 is 0 Å². The van der Waals surface area contributed by atoms with Crippen LogP contribution in [0.5, 0.6) is 0 Å². The molecule has 0 bridgehead atoms. The average Bonchev–Trinajstić information content (AvgIpc) is 3.32. The first-order valence-electron chi connectivity index (χ1n) is 12.0. The number of nitrogens with one attached hydrogen (secondary N) is 1. The molecule has 0 radical (unpaired) electrons. The van der Waals surface area contributed by atoms with Crippen LogP contribution in [0.4, 0.5) is 11.6 Å². The van der Waals surface area contributed by atoms with Gasteiger partial charge in [0, 0.05) is 45.2 Å². The lowest BCUT2D eigenvalue weighted by atomic mass is 9.96. The molecule has 1 aromatic heterocycles. The molecule has 3 saturated heterocycles. The largest absolute Gasteiger partial charge is 0.356 e. The summed E-state index contributed by atoms with van der Waals surface area (Å²) in [6, 6.07) is 4.18. The van der Waals surface area contributed by atoms with E-state index in [4.69, 9.17) is 0 Å². The Kier molecular flexibility index (Phi) is 7.42. The van der Waals surface area contributed by atoms with Gasteiger partial charge in [-0.1, -0.05) is 6.92 Å². The molecule has 3 aliphatic heterocycles. The Balaban J connectivity index is 1.14. The smallest absolute Gasteiger partial charge is 0.223 e. The van der Waals surface area contributed by atoms with Crippen LogP contribution in [0, 0.1) is 11.8 Å². The van der Waals surface area contributed by atoms with Gasteiger partial charge in [0.25, 0.3) is 0 Å². The van der Waals surface area contributed by atoms with E-state index < -0.39 is 0 Å². The lowest BCUT2D eigenvalue weighted by Crippen LogP contribution is -2.42. The summed E-state index contributed by atoms with van der Waals surface area (Å²) >= 11 is 0. The minimum Gasteiger partial charge on any atom is -0.356 e. The topological polar surface area (TPSA) is 64.6 Å². The summed E-state index contributed by atoms with van der Waals surface area (Å²) in [5, 5.41) is 12.1. The summed E-state index contributed by atoms with van der Waals surface area (Å²) in [5.41, 5.74) is 0. The van der Waals surface area contributed by atoms with E-state index in [2.05, 4.69) is 49.3 Å². The summed E-state index contributed by atoms with van der Waals surface area (Å²) in [5.74, 6) is 3.11. The van der Waals surface area contributed by atoms with Crippen LogP contribution < -0.4 is 15.1 Å². The van der Waals surface area contributed by atoms with Gasteiger partial charge in [0.1, 0.15) is 0 Å². The molecular weight excluding hydrogens is 376 g/mol. The molecule has 4 rings (SSSR count). The third kappa shape index (κ3) is 5.62. The molecule has 166 valence electrons. The number of hydrogen-bond acceptors (Lipinski definition) is 6. The molecule has 7 heteroatoms. The predicted octanol–water partition coefficient (Wildman–Crippen LogP) is 2.53. The Morgan fingerprint density at radius 1 is 0.967 bits per heavy atom. The number of hydrogen-bond donors (Lipinski definition) is 1. The van der Waals surface area contributed by atoms with E-state index in [1.807, 2.05) is 0 Å². The molecule has 3 aliphatic rings. The van der Waals surface area contributed by atoms with E-state index in [9.17, 15) is 4.79 Å². The van der Waals surface area contributed by atoms with Gasteiger partial charge in [0.15, 0.2) is 11.6 Å². The Labute approximate surface area is 181 Å². The van der Waals surface area contributed by atoms with E-state index in [0.29, 0.717) is 0 Å². The molecular formula is C23H38N6O. The van der Waals surface area contributed by atoms with Crippen LogP contribution in [0.15, 0.2) is 12.1 Å². The maximum Gasteiger partial charge on any atom is 0.223 e. The Morgan fingerprint density at radius 3 is 2.27 bits per heavy atom. The molecule has 7 nitrogen and oxygen atoms in total.